The van der Waals surface area contributed by atoms with Gasteiger partial charge in [-0.25, -0.2) is 0 Å². The maximum Gasteiger partial charge on any atom is 0.227 e. The second kappa shape index (κ2) is 7.51. The molecule has 0 bridgehead atoms. The molecule has 1 unspecified atom stereocenters. The van der Waals surface area contributed by atoms with Gasteiger partial charge in [-0.2, -0.15) is 10.2 Å². The lowest BCUT2D eigenvalue weighted by Gasteiger charge is -2.22. The van der Waals surface area contributed by atoms with Crippen LogP contribution in [-0.4, -0.2) is 30.6 Å². The Morgan fingerprint density at radius 2 is 1.96 bits per heavy atom. The van der Waals surface area contributed by atoms with E-state index in [1.165, 1.54) is 5.56 Å². The topological polar surface area (TPSA) is 74.1 Å². The van der Waals surface area contributed by atoms with Gasteiger partial charge >= 0.3 is 0 Å². The highest BCUT2D eigenvalue weighted by molar-refractivity contribution is 6.01. The lowest BCUT2D eigenvalue weighted by Crippen LogP contribution is -2.35. The summed E-state index contributed by atoms with van der Waals surface area (Å²) in [6.07, 6.45) is 7.54. The lowest BCUT2D eigenvalue weighted by molar-refractivity contribution is -0.126. The van der Waals surface area contributed by atoms with Crippen molar-refractivity contribution >= 4 is 17.5 Å². The van der Waals surface area contributed by atoms with Crippen LogP contribution in [0.2, 0.25) is 0 Å². The van der Waals surface area contributed by atoms with Gasteiger partial charge in [-0.1, -0.05) is 17.7 Å². The molecule has 2 heterocycles. The van der Waals surface area contributed by atoms with Crippen LogP contribution in [0.25, 0.3) is 0 Å². The molecule has 0 radical (unpaired) electrons. The number of anilines is 1. The van der Waals surface area contributed by atoms with Crippen molar-refractivity contribution in [2.24, 2.45) is 16.1 Å². The quantitative estimate of drug-likeness (QED) is 0.753. The third kappa shape index (κ3) is 4.19. The van der Waals surface area contributed by atoms with E-state index in [0.717, 1.165) is 23.2 Å². The standard InChI is InChI=1S/C21H26N4O2/c1-5-6-7-21(23-24-21)8-9-22-20(27)17-12-18(26)25(13-17)19-15(3)10-14(2)11-16(19)4/h1,10-11,17H,6-9,12-13H2,2-4H3,(H,22,27). The van der Waals surface area contributed by atoms with Gasteiger partial charge < -0.3 is 10.2 Å². The lowest BCUT2D eigenvalue weighted by atomic mass is 10.0. The van der Waals surface area contributed by atoms with Crippen molar-refractivity contribution < 1.29 is 9.59 Å². The maximum absolute atomic E-state index is 12.5. The zero-order valence-electron chi connectivity index (χ0n) is 16.2. The molecule has 2 aliphatic rings. The van der Waals surface area contributed by atoms with Gasteiger partial charge in [0.15, 0.2) is 5.66 Å². The Hall–Kier alpha value is -2.68. The van der Waals surface area contributed by atoms with E-state index in [9.17, 15) is 9.59 Å². The summed E-state index contributed by atoms with van der Waals surface area (Å²) in [5.41, 5.74) is 3.84. The molecular weight excluding hydrogens is 340 g/mol. The summed E-state index contributed by atoms with van der Waals surface area (Å²) >= 11 is 0. The number of hydrogen-bond donors (Lipinski definition) is 1. The molecule has 1 saturated heterocycles. The van der Waals surface area contributed by atoms with E-state index in [0.29, 0.717) is 25.9 Å². The largest absolute Gasteiger partial charge is 0.356 e. The van der Waals surface area contributed by atoms with Crippen LogP contribution in [0.4, 0.5) is 5.69 Å². The Kier molecular flexibility index (Phi) is 5.31. The minimum absolute atomic E-state index is 0.00267. The molecule has 1 N–H and O–H groups in total. The van der Waals surface area contributed by atoms with Gasteiger partial charge in [0.1, 0.15) is 0 Å². The summed E-state index contributed by atoms with van der Waals surface area (Å²) in [5.74, 6) is 2.19. The fourth-order valence-corrected chi connectivity index (χ4v) is 3.90. The molecule has 1 fully saturated rings. The van der Waals surface area contributed by atoms with Crippen LogP contribution < -0.4 is 10.2 Å². The smallest absolute Gasteiger partial charge is 0.227 e. The third-order valence-corrected chi connectivity index (χ3v) is 5.28. The molecule has 2 aliphatic heterocycles. The van der Waals surface area contributed by atoms with Crippen LogP contribution in [0, 0.1) is 39.0 Å². The number of rotatable bonds is 7. The molecule has 0 aromatic heterocycles. The van der Waals surface area contributed by atoms with Crippen LogP contribution in [0.3, 0.4) is 0 Å². The molecule has 0 saturated carbocycles. The molecule has 1 aromatic carbocycles. The number of hydrogen-bond acceptors (Lipinski definition) is 4. The summed E-state index contributed by atoms with van der Waals surface area (Å²) in [4.78, 5) is 26.8. The summed E-state index contributed by atoms with van der Waals surface area (Å²) in [6.45, 7) is 6.97. The molecule has 142 valence electrons. The van der Waals surface area contributed by atoms with Gasteiger partial charge in [0.25, 0.3) is 0 Å². The van der Waals surface area contributed by atoms with E-state index in [2.05, 4.69) is 33.6 Å². The van der Waals surface area contributed by atoms with Crippen LogP contribution in [0.15, 0.2) is 22.4 Å². The summed E-state index contributed by atoms with van der Waals surface area (Å²) in [7, 11) is 0. The number of nitrogens with one attached hydrogen (secondary N) is 1. The van der Waals surface area contributed by atoms with E-state index >= 15 is 0 Å². The minimum atomic E-state index is -0.396. The average molecular weight is 366 g/mol. The van der Waals surface area contributed by atoms with Crippen LogP contribution >= 0.6 is 0 Å². The predicted octanol–water partition coefficient (Wildman–Crippen LogP) is 3.05. The monoisotopic (exact) mass is 366 g/mol. The zero-order chi connectivity index (χ0) is 19.6. The van der Waals surface area contributed by atoms with Crippen molar-refractivity contribution in [1.29, 1.82) is 0 Å². The van der Waals surface area contributed by atoms with Gasteiger partial charge in [0.05, 0.1) is 5.92 Å². The molecule has 3 rings (SSSR count). The Balaban J connectivity index is 1.56. The number of terminal acetylenes is 1. The summed E-state index contributed by atoms with van der Waals surface area (Å²) < 4.78 is 0. The first-order chi connectivity index (χ1) is 12.8. The van der Waals surface area contributed by atoms with Crippen molar-refractivity contribution in [2.75, 3.05) is 18.0 Å². The number of carbonyl (C=O) groups is 2. The highest BCUT2D eigenvalue weighted by Gasteiger charge is 2.40. The zero-order valence-corrected chi connectivity index (χ0v) is 16.2. The Labute approximate surface area is 160 Å². The van der Waals surface area contributed by atoms with Crippen molar-refractivity contribution in [3.05, 3.63) is 28.8 Å². The highest BCUT2D eigenvalue weighted by Crippen LogP contribution is 2.36. The van der Waals surface area contributed by atoms with E-state index < -0.39 is 5.66 Å². The Morgan fingerprint density at radius 1 is 1.30 bits per heavy atom. The number of nitrogens with zero attached hydrogens (tertiary/aromatic N) is 3. The first-order valence-electron chi connectivity index (χ1n) is 9.39. The predicted molar refractivity (Wildman–Crippen MR) is 104 cm³/mol. The maximum atomic E-state index is 12.5. The van der Waals surface area contributed by atoms with E-state index in [-0.39, 0.29) is 24.2 Å². The van der Waals surface area contributed by atoms with Crippen molar-refractivity contribution in [3.63, 3.8) is 0 Å². The SMILES string of the molecule is C#CCCC1(CCNC(=O)C2CC(=O)N(c3c(C)cc(C)cc3C)C2)N=N1. The normalized spacial score (nSPS) is 19.9. The third-order valence-electron chi connectivity index (χ3n) is 5.28. The van der Waals surface area contributed by atoms with Gasteiger partial charge in [-0.05, 0) is 31.9 Å². The highest BCUT2D eigenvalue weighted by atomic mass is 16.2. The second-order valence-electron chi connectivity index (χ2n) is 7.58. The van der Waals surface area contributed by atoms with Gasteiger partial charge in [-0.3, -0.25) is 9.59 Å². The number of carbonyl (C=O) groups excluding carboxylic acids is 2. The van der Waals surface area contributed by atoms with Gasteiger partial charge in [0.2, 0.25) is 11.8 Å². The van der Waals surface area contributed by atoms with E-state index in [4.69, 9.17) is 6.42 Å². The molecule has 0 aliphatic carbocycles. The number of amides is 2. The minimum Gasteiger partial charge on any atom is -0.356 e. The van der Waals surface area contributed by atoms with Crippen LogP contribution in [0.1, 0.15) is 42.4 Å². The molecule has 0 spiro atoms. The van der Waals surface area contributed by atoms with Crippen molar-refractivity contribution in [2.45, 2.75) is 52.1 Å². The first-order valence-corrected chi connectivity index (χ1v) is 9.39. The molecule has 1 atom stereocenters. The molecule has 27 heavy (non-hydrogen) atoms. The molecule has 6 nitrogen and oxygen atoms in total. The summed E-state index contributed by atoms with van der Waals surface area (Å²) in [5, 5.41) is 11.1. The molecule has 1 aromatic rings. The second-order valence-corrected chi connectivity index (χ2v) is 7.58. The Morgan fingerprint density at radius 3 is 2.56 bits per heavy atom. The van der Waals surface area contributed by atoms with Gasteiger partial charge in [0, 0.05) is 44.5 Å². The van der Waals surface area contributed by atoms with E-state index in [1.807, 2.05) is 20.8 Å². The first kappa shape index (κ1) is 19.1. The molecule has 6 heteroatoms. The average Bonchev–Trinajstić information content (AvgIpc) is 3.27. The van der Waals surface area contributed by atoms with Crippen LogP contribution in [0.5, 0.6) is 0 Å². The fourth-order valence-electron chi connectivity index (χ4n) is 3.90. The number of aryl methyl sites for hydroxylation is 3. The summed E-state index contributed by atoms with van der Waals surface area (Å²) in [6, 6.07) is 4.14. The molecular formula is C21H26N4O2. The van der Waals surface area contributed by atoms with E-state index in [1.54, 1.807) is 4.90 Å². The van der Waals surface area contributed by atoms with Crippen molar-refractivity contribution in [1.82, 2.24) is 5.32 Å². The van der Waals surface area contributed by atoms with Crippen LogP contribution in [-0.2, 0) is 9.59 Å². The molecule has 2 amide bonds. The number of benzene rings is 1. The fraction of sp³-hybridized carbons (Fsp3) is 0.524. The van der Waals surface area contributed by atoms with Gasteiger partial charge in [-0.15, -0.1) is 12.3 Å². The Bertz CT molecular complexity index is 808. The van der Waals surface area contributed by atoms with Crippen molar-refractivity contribution in [3.8, 4) is 12.3 Å².